The number of nitrogens with one attached hydrogen (secondary N) is 1. The number of carbonyl (C=O) groups excluding carboxylic acids is 1. The second-order valence-electron chi connectivity index (χ2n) is 7.28. The number of benzene rings is 3. The second-order valence-corrected chi connectivity index (χ2v) is 7.28. The Balaban J connectivity index is 1.91. The molecule has 0 aliphatic carbocycles. The monoisotopic (exact) mass is 384 g/mol. The van der Waals surface area contributed by atoms with Gasteiger partial charge in [0.1, 0.15) is 18.5 Å². The Morgan fingerprint density at radius 3 is 2.69 bits per heavy atom. The summed E-state index contributed by atoms with van der Waals surface area (Å²) in [6.07, 6.45) is 1.38. The van der Waals surface area contributed by atoms with E-state index >= 15 is 0 Å². The highest BCUT2D eigenvalue weighted by Crippen LogP contribution is 2.40. The van der Waals surface area contributed by atoms with Crippen LogP contribution in [-0.4, -0.2) is 24.0 Å². The zero-order valence-corrected chi connectivity index (χ0v) is 16.5. The largest absolute Gasteiger partial charge is 0.489 e. The number of rotatable bonds is 6. The van der Waals surface area contributed by atoms with Crippen LogP contribution in [0.3, 0.4) is 0 Å². The van der Waals surface area contributed by atoms with Crippen molar-refractivity contribution in [2.75, 3.05) is 18.5 Å². The normalized spacial score (nSPS) is 15.6. The lowest BCUT2D eigenvalue weighted by Crippen LogP contribution is -2.43. The zero-order valence-electron chi connectivity index (χ0n) is 16.5. The summed E-state index contributed by atoms with van der Waals surface area (Å²) in [6.45, 7) is 10.6. The molecule has 0 bridgehead atoms. The molecule has 3 aromatic carbocycles. The second kappa shape index (κ2) is 7.84. The first-order valence-corrected chi connectivity index (χ1v) is 9.66. The van der Waals surface area contributed by atoms with Gasteiger partial charge in [-0.1, -0.05) is 55.1 Å². The number of amides is 1. The minimum atomic E-state index is -0.373. The smallest absolute Gasteiger partial charge is 0.258 e. The number of hydrogen-bond acceptors (Lipinski definition) is 3. The topological polar surface area (TPSA) is 41.6 Å². The SMILES string of the molecule is C=CCN1C(=O)c2ccccc2NC1c1c(OCC(=C)C)ccc2ccccc12. The molecule has 146 valence electrons. The van der Waals surface area contributed by atoms with Crippen molar-refractivity contribution in [1.82, 2.24) is 4.90 Å². The lowest BCUT2D eigenvalue weighted by molar-refractivity contribution is 0.0706. The fourth-order valence-electron chi connectivity index (χ4n) is 3.73. The van der Waals surface area contributed by atoms with Gasteiger partial charge in [-0.3, -0.25) is 4.79 Å². The fraction of sp³-hybridized carbons (Fsp3) is 0.160. The average Bonchev–Trinajstić information content (AvgIpc) is 2.74. The Hall–Kier alpha value is -3.53. The highest BCUT2D eigenvalue weighted by atomic mass is 16.5. The molecule has 0 aromatic heterocycles. The van der Waals surface area contributed by atoms with Crippen LogP contribution in [0.2, 0.25) is 0 Å². The van der Waals surface area contributed by atoms with Gasteiger partial charge in [-0.25, -0.2) is 0 Å². The number of anilines is 1. The van der Waals surface area contributed by atoms with Gasteiger partial charge in [-0.2, -0.15) is 0 Å². The summed E-state index contributed by atoms with van der Waals surface area (Å²) < 4.78 is 6.11. The Labute approximate surface area is 171 Å². The number of carbonyl (C=O) groups is 1. The molecule has 4 heteroatoms. The van der Waals surface area contributed by atoms with Crippen LogP contribution in [0, 0.1) is 0 Å². The van der Waals surface area contributed by atoms with Gasteiger partial charge in [0, 0.05) is 17.8 Å². The van der Waals surface area contributed by atoms with E-state index in [2.05, 4.69) is 30.6 Å². The van der Waals surface area contributed by atoms with Gasteiger partial charge in [0.15, 0.2) is 0 Å². The zero-order chi connectivity index (χ0) is 20.4. The summed E-state index contributed by atoms with van der Waals surface area (Å²) in [7, 11) is 0. The molecule has 1 atom stereocenters. The summed E-state index contributed by atoms with van der Waals surface area (Å²) in [5, 5.41) is 5.69. The molecule has 0 radical (unpaired) electrons. The molecule has 0 fully saturated rings. The van der Waals surface area contributed by atoms with Crippen molar-refractivity contribution in [2.24, 2.45) is 0 Å². The standard InChI is InChI=1S/C25H24N2O2/c1-4-15-27-24(26-21-12-8-7-11-20(21)25(27)28)23-19-10-6-5-9-18(19)13-14-22(23)29-16-17(2)3/h4-14,24,26H,1-2,15-16H2,3H3. The first kappa shape index (κ1) is 18.8. The van der Waals surface area contributed by atoms with E-state index in [1.165, 1.54) is 0 Å². The first-order valence-electron chi connectivity index (χ1n) is 9.66. The van der Waals surface area contributed by atoms with E-state index in [9.17, 15) is 4.79 Å². The lowest BCUT2D eigenvalue weighted by Gasteiger charge is -2.38. The van der Waals surface area contributed by atoms with E-state index in [0.29, 0.717) is 18.7 Å². The summed E-state index contributed by atoms with van der Waals surface area (Å²) in [6, 6.07) is 19.8. The Kier molecular flexibility index (Phi) is 5.09. The summed E-state index contributed by atoms with van der Waals surface area (Å²) in [5.74, 6) is 0.716. The van der Waals surface area contributed by atoms with Crippen LogP contribution >= 0.6 is 0 Å². The number of nitrogens with zero attached hydrogens (tertiary/aromatic N) is 1. The highest BCUT2D eigenvalue weighted by molar-refractivity contribution is 6.02. The molecule has 4 rings (SSSR count). The Morgan fingerprint density at radius 1 is 1.14 bits per heavy atom. The van der Waals surface area contributed by atoms with Gasteiger partial charge >= 0.3 is 0 Å². The maximum Gasteiger partial charge on any atom is 0.258 e. The molecule has 3 aromatic rings. The highest BCUT2D eigenvalue weighted by Gasteiger charge is 2.34. The lowest BCUT2D eigenvalue weighted by atomic mass is 9.97. The molecule has 1 N–H and O–H groups in total. The molecule has 4 nitrogen and oxygen atoms in total. The molecule has 29 heavy (non-hydrogen) atoms. The van der Waals surface area contributed by atoms with E-state index in [0.717, 1.165) is 33.3 Å². The van der Waals surface area contributed by atoms with Crippen LogP contribution in [0.1, 0.15) is 29.0 Å². The van der Waals surface area contributed by atoms with Gasteiger partial charge in [0.25, 0.3) is 5.91 Å². The van der Waals surface area contributed by atoms with Gasteiger partial charge in [0.05, 0.1) is 5.56 Å². The van der Waals surface area contributed by atoms with Gasteiger partial charge < -0.3 is 15.0 Å². The molecule has 1 unspecified atom stereocenters. The van der Waals surface area contributed by atoms with Crippen LogP contribution in [-0.2, 0) is 0 Å². The predicted molar refractivity (Wildman–Crippen MR) is 118 cm³/mol. The molecular weight excluding hydrogens is 360 g/mol. The maximum atomic E-state index is 13.3. The number of fused-ring (bicyclic) bond motifs is 2. The number of hydrogen-bond donors (Lipinski definition) is 1. The molecular formula is C25H24N2O2. The van der Waals surface area contributed by atoms with E-state index in [-0.39, 0.29) is 12.1 Å². The molecule has 0 saturated heterocycles. The third-order valence-electron chi connectivity index (χ3n) is 5.03. The summed E-state index contributed by atoms with van der Waals surface area (Å²) in [5.41, 5.74) is 3.36. The van der Waals surface area contributed by atoms with Crippen LogP contribution in [0.4, 0.5) is 5.69 Å². The van der Waals surface area contributed by atoms with Crippen LogP contribution in [0.5, 0.6) is 5.75 Å². The summed E-state index contributed by atoms with van der Waals surface area (Å²) >= 11 is 0. The van der Waals surface area contributed by atoms with Crippen molar-refractivity contribution in [3.05, 3.63) is 96.6 Å². The molecule has 1 amide bonds. The molecule has 1 heterocycles. The van der Waals surface area contributed by atoms with Crippen molar-refractivity contribution >= 4 is 22.4 Å². The van der Waals surface area contributed by atoms with E-state index in [4.69, 9.17) is 4.74 Å². The average molecular weight is 384 g/mol. The van der Waals surface area contributed by atoms with E-state index in [1.807, 2.05) is 55.5 Å². The number of ether oxygens (including phenoxy) is 1. The third kappa shape index (κ3) is 3.49. The Bertz CT molecular complexity index is 1100. The quantitative estimate of drug-likeness (QED) is 0.567. The molecule has 1 aliphatic rings. The first-order chi connectivity index (χ1) is 14.1. The molecule has 1 aliphatic heterocycles. The molecule has 0 spiro atoms. The fourth-order valence-corrected chi connectivity index (χ4v) is 3.73. The van der Waals surface area contributed by atoms with Gasteiger partial charge in [-0.15, -0.1) is 6.58 Å². The van der Waals surface area contributed by atoms with Crippen LogP contribution in [0.25, 0.3) is 10.8 Å². The van der Waals surface area contributed by atoms with Gasteiger partial charge in [-0.05, 0) is 41.5 Å². The minimum absolute atomic E-state index is 0.0250. The van der Waals surface area contributed by atoms with Crippen LogP contribution < -0.4 is 10.1 Å². The van der Waals surface area contributed by atoms with Crippen molar-refractivity contribution in [2.45, 2.75) is 13.1 Å². The third-order valence-corrected chi connectivity index (χ3v) is 5.03. The maximum absolute atomic E-state index is 13.3. The van der Waals surface area contributed by atoms with Crippen molar-refractivity contribution in [3.8, 4) is 5.75 Å². The van der Waals surface area contributed by atoms with Crippen LogP contribution in [0.15, 0.2) is 85.5 Å². The molecule has 0 saturated carbocycles. The number of para-hydroxylation sites is 1. The minimum Gasteiger partial charge on any atom is -0.489 e. The van der Waals surface area contributed by atoms with E-state index < -0.39 is 0 Å². The van der Waals surface area contributed by atoms with Crippen molar-refractivity contribution < 1.29 is 9.53 Å². The Morgan fingerprint density at radius 2 is 1.90 bits per heavy atom. The van der Waals surface area contributed by atoms with Crippen molar-refractivity contribution in [1.29, 1.82) is 0 Å². The van der Waals surface area contributed by atoms with Gasteiger partial charge in [0.2, 0.25) is 0 Å². The van der Waals surface area contributed by atoms with Crippen molar-refractivity contribution in [3.63, 3.8) is 0 Å². The predicted octanol–water partition coefficient (Wildman–Crippen LogP) is 5.55. The van der Waals surface area contributed by atoms with E-state index in [1.54, 1.807) is 11.0 Å². The summed E-state index contributed by atoms with van der Waals surface area (Å²) in [4.78, 5) is 15.1.